The maximum Gasteiger partial charge on any atom is 0.225 e. The molecule has 0 aromatic carbocycles. The molecule has 1 aromatic heterocycles. The lowest BCUT2D eigenvalue weighted by atomic mass is 10.1. The normalized spacial score (nSPS) is 11.9. The fourth-order valence-electron chi connectivity index (χ4n) is 1.56. The van der Waals surface area contributed by atoms with E-state index in [-0.39, 0.29) is 18.1 Å². The molecule has 0 saturated heterocycles. The van der Waals surface area contributed by atoms with Crippen molar-refractivity contribution in [2.75, 3.05) is 25.1 Å². The molecule has 1 N–H and O–H groups in total. The summed E-state index contributed by atoms with van der Waals surface area (Å²) in [7, 11) is 1.96. The van der Waals surface area contributed by atoms with Crippen molar-refractivity contribution in [2.45, 2.75) is 39.8 Å². The average Bonchev–Trinajstić information content (AvgIpc) is 2.77. The van der Waals surface area contributed by atoms with Crippen LogP contribution in [0.1, 0.15) is 33.4 Å². The third kappa shape index (κ3) is 3.99. The third-order valence-electron chi connectivity index (χ3n) is 3.29. The first-order chi connectivity index (χ1) is 8.81. The largest absolute Gasteiger partial charge is 0.394 e. The Balaban J connectivity index is 2.78. The van der Waals surface area contributed by atoms with E-state index >= 15 is 0 Å². The van der Waals surface area contributed by atoms with Crippen LogP contribution in [-0.4, -0.2) is 46.6 Å². The van der Waals surface area contributed by atoms with Crippen LogP contribution < -0.4 is 4.90 Å². The molecule has 0 aliphatic rings. The quantitative estimate of drug-likeness (QED) is 0.864. The summed E-state index contributed by atoms with van der Waals surface area (Å²) in [5, 5.41) is 12.0. The third-order valence-corrected chi connectivity index (χ3v) is 4.20. The van der Waals surface area contributed by atoms with E-state index in [1.807, 2.05) is 33.2 Å². The van der Waals surface area contributed by atoms with Gasteiger partial charge in [0.2, 0.25) is 5.91 Å². The molecule has 1 aromatic rings. The van der Waals surface area contributed by atoms with Crippen molar-refractivity contribution in [3.63, 3.8) is 0 Å². The average molecular weight is 285 g/mol. The molecule has 0 aliphatic heterocycles. The molecule has 0 aliphatic carbocycles. The number of carbonyl (C=O) groups is 1. The van der Waals surface area contributed by atoms with Crippen LogP contribution in [0.2, 0.25) is 0 Å². The number of aliphatic hydroxyl groups is 1. The Kier molecular flexibility index (Phi) is 5.46. The van der Waals surface area contributed by atoms with Crippen LogP contribution in [0.5, 0.6) is 0 Å². The van der Waals surface area contributed by atoms with Crippen LogP contribution in [0.15, 0.2) is 5.38 Å². The van der Waals surface area contributed by atoms with Gasteiger partial charge in [-0.3, -0.25) is 14.6 Å². The smallest absolute Gasteiger partial charge is 0.225 e. The van der Waals surface area contributed by atoms with Gasteiger partial charge >= 0.3 is 0 Å². The Morgan fingerprint density at radius 2 is 2.16 bits per heavy atom. The molecule has 1 heterocycles. The predicted octanol–water partition coefficient (Wildman–Crippen LogP) is 1.72. The van der Waals surface area contributed by atoms with Crippen molar-refractivity contribution < 1.29 is 9.90 Å². The van der Waals surface area contributed by atoms with Crippen molar-refractivity contribution in [1.29, 1.82) is 0 Å². The fourth-order valence-corrected chi connectivity index (χ4v) is 2.49. The highest BCUT2D eigenvalue weighted by molar-refractivity contribution is 7.14. The van der Waals surface area contributed by atoms with Crippen molar-refractivity contribution in [1.82, 2.24) is 9.88 Å². The number of nitrogens with zero attached hydrogens (tertiary/aromatic N) is 3. The van der Waals surface area contributed by atoms with Gasteiger partial charge < -0.3 is 5.11 Å². The van der Waals surface area contributed by atoms with E-state index in [9.17, 15) is 9.90 Å². The number of hydrogen-bond acceptors (Lipinski definition) is 5. The molecule has 0 bridgehead atoms. The van der Waals surface area contributed by atoms with Crippen LogP contribution in [0.25, 0.3) is 0 Å². The zero-order chi connectivity index (χ0) is 14.6. The molecule has 0 saturated carbocycles. The van der Waals surface area contributed by atoms with Crippen LogP contribution in [0.3, 0.4) is 0 Å². The minimum atomic E-state index is -0.283. The van der Waals surface area contributed by atoms with Gasteiger partial charge in [-0.15, -0.1) is 11.3 Å². The molecule has 0 unspecified atom stereocenters. The van der Waals surface area contributed by atoms with E-state index in [1.54, 1.807) is 11.8 Å². The second-order valence-corrected chi connectivity index (χ2v) is 6.05. The van der Waals surface area contributed by atoms with Crippen molar-refractivity contribution in [3.8, 4) is 0 Å². The molecule has 1 rings (SSSR count). The lowest BCUT2D eigenvalue weighted by Crippen LogP contribution is -2.43. The first kappa shape index (κ1) is 16.1. The molecule has 0 atom stereocenters. The standard InChI is InChI=1S/C13H23N3O2S/c1-6-16(10(2)18)12-14-11(8-19-12)7-15(5)13(3,4)9-17/h8,17H,6-7,9H2,1-5H3. The van der Waals surface area contributed by atoms with Crippen LogP contribution in [-0.2, 0) is 11.3 Å². The number of aromatic nitrogens is 1. The Bertz CT molecular complexity index is 431. The molecular formula is C13H23N3O2S. The van der Waals surface area contributed by atoms with Crippen molar-refractivity contribution in [2.24, 2.45) is 0 Å². The van der Waals surface area contributed by atoms with E-state index < -0.39 is 0 Å². The predicted molar refractivity (Wildman–Crippen MR) is 78.4 cm³/mol. The molecule has 108 valence electrons. The van der Waals surface area contributed by atoms with Gasteiger partial charge in [0.25, 0.3) is 0 Å². The van der Waals surface area contributed by atoms with Gasteiger partial charge in [-0.25, -0.2) is 4.98 Å². The van der Waals surface area contributed by atoms with Gasteiger partial charge in [0.05, 0.1) is 12.3 Å². The number of thiazole rings is 1. The van der Waals surface area contributed by atoms with Gasteiger partial charge in [0.15, 0.2) is 5.13 Å². The number of likely N-dealkylation sites (N-methyl/N-ethyl adjacent to an activating group) is 1. The highest BCUT2D eigenvalue weighted by Gasteiger charge is 2.23. The summed E-state index contributed by atoms with van der Waals surface area (Å²) in [6.07, 6.45) is 0. The maximum absolute atomic E-state index is 11.5. The number of rotatable bonds is 6. The lowest BCUT2D eigenvalue weighted by molar-refractivity contribution is -0.116. The molecule has 0 spiro atoms. The van der Waals surface area contributed by atoms with E-state index in [4.69, 9.17) is 0 Å². The van der Waals surface area contributed by atoms with Crippen molar-refractivity contribution >= 4 is 22.4 Å². The van der Waals surface area contributed by atoms with E-state index in [1.165, 1.54) is 11.3 Å². The maximum atomic E-state index is 11.5. The van der Waals surface area contributed by atoms with Crippen LogP contribution in [0.4, 0.5) is 5.13 Å². The van der Waals surface area contributed by atoms with Gasteiger partial charge in [-0.2, -0.15) is 0 Å². The highest BCUT2D eigenvalue weighted by atomic mass is 32.1. The summed E-state index contributed by atoms with van der Waals surface area (Å²) in [5.41, 5.74) is 0.637. The number of amides is 1. The van der Waals surface area contributed by atoms with Crippen molar-refractivity contribution in [3.05, 3.63) is 11.1 Å². The Morgan fingerprint density at radius 3 is 2.63 bits per heavy atom. The molecular weight excluding hydrogens is 262 g/mol. The molecule has 1 amide bonds. The fraction of sp³-hybridized carbons (Fsp3) is 0.692. The van der Waals surface area contributed by atoms with Gasteiger partial charge in [-0.1, -0.05) is 0 Å². The second kappa shape index (κ2) is 6.45. The van der Waals surface area contributed by atoms with E-state index in [2.05, 4.69) is 9.88 Å². The Hall–Kier alpha value is -0.980. The number of hydrogen-bond donors (Lipinski definition) is 1. The molecule has 6 heteroatoms. The monoisotopic (exact) mass is 285 g/mol. The molecule has 19 heavy (non-hydrogen) atoms. The number of anilines is 1. The zero-order valence-corrected chi connectivity index (χ0v) is 13.1. The van der Waals surface area contributed by atoms with Gasteiger partial charge in [-0.05, 0) is 27.8 Å². The first-order valence-electron chi connectivity index (χ1n) is 6.36. The summed E-state index contributed by atoms with van der Waals surface area (Å²) in [5.74, 6) is 0.00689. The van der Waals surface area contributed by atoms with Crippen LogP contribution in [0, 0.1) is 0 Å². The van der Waals surface area contributed by atoms with Crippen LogP contribution >= 0.6 is 11.3 Å². The van der Waals surface area contributed by atoms with E-state index in [0.29, 0.717) is 13.1 Å². The topological polar surface area (TPSA) is 56.7 Å². The zero-order valence-electron chi connectivity index (χ0n) is 12.3. The summed E-state index contributed by atoms with van der Waals surface area (Å²) in [4.78, 5) is 19.7. The van der Waals surface area contributed by atoms with Gasteiger partial charge in [0.1, 0.15) is 0 Å². The highest BCUT2D eigenvalue weighted by Crippen LogP contribution is 2.23. The minimum Gasteiger partial charge on any atom is -0.394 e. The summed E-state index contributed by atoms with van der Waals surface area (Å²) >= 11 is 1.48. The molecule has 0 fully saturated rings. The van der Waals surface area contributed by atoms with Gasteiger partial charge in [0, 0.05) is 30.9 Å². The molecule has 5 nitrogen and oxygen atoms in total. The SMILES string of the molecule is CCN(C(C)=O)c1nc(CN(C)C(C)(C)CO)cs1. The minimum absolute atomic E-state index is 0.00689. The second-order valence-electron chi connectivity index (χ2n) is 5.21. The first-order valence-corrected chi connectivity index (χ1v) is 7.24. The number of aliphatic hydroxyl groups excluding tert-OH is 1. The summed E-state index contributed by atoms with van der Waals surface area (Å²) in [6.45, 7) is 8.81. The van der Waals surface area contributed by atoms with E-state index in [0.717, 1.165) is 10.8 Å². The lowest BCUT2D eigenvalue weighted by Gasteiger charge is -2.33. The number of carbonyl (C=O) groups excluding carboxylic acids is 1. The summed E-state index contributed by atoms with van der Waals surface area (Å²) < 4.78 is 0. The Morgan fingerprint density at radius 1 is 1.53 bits per heavy atom. The molecule has 0 radical (unpaired) electrons. The Labute approximate surface area is 118 Å². The summed E-state index contributed by atoms with van der Waals surface area (Å²) in [6, 6.07) is 0.